The van der Waals surface area contributed by atoms with E-state index in [9.17, 15) is 18.0 Å². The molecule has 0 saturated heterocycles. The zero-order valence-electron chi connectivity index (χ0n) is 12.2. The third kappa shape index (κ3) is 3.16. The first-order chi connectivity index (χ1) is 11.0. The highest BCUT2D eigenvalue weighted by atomic mass is 19.4. The summed E-state index contributed by atoms with van der Waals surface area (Å²) in [6.45, 7) is 0.377. The molecule has 0 spiro atoms. The summed E-state index contributed by atoms with van der Waals surface area (Å²) in [5.41, 5.74) is 1.07. The van der Waals surface area contributed by atoms with Gasteiger partial charge in [-0.3, -0.25) is 4.79 Å². The number of fused-ring (bicyclic) bond motifs is 1. The Morgan fingerprint density at radius 3 is 2.57 bits per heavy atom. The van der Waals surface area contributed by atoms with E-state index in [2.05, 4.69) is 5.32 Å². The second-order valence-corrected chi connectivity index (χ2v) is 5.32. The predicted octanol–water partition coefficient (Wildman–Crippen LogP) is 3.71. The zero-order valence-corrected chi connectivity index (χ0v) is 12.2. The van der Waals surface area contributed by atoms with E-state index in [0.717, 1.165) is 23.7 Å². The number of anilines is 2. The lowest BCUT2D eigenvalue weighted by Gasteiger charge is -2.19. The summed E-state index contributed by atoms with van der Waals surface area (Å²) in [7, 11) is 0. The van der Waals surface area contributed by atoms with E-state index < -0.39 is 11.7 Å². The molecule has 0 fully saturated rings. The predicted molar refractivity (Wildman–Crippen MR) is 82.4 cm³/mol. The van der Waals surface area contributed by atoms with Gasteiger partial charge < -0.3 is 10.2 Å². The van der Waals surface area contributed by atoms with Crippen molar-refractivity contribution in [3.05, 3.63) is 59.7 Å². The van der Waals surface area contributed by atoms with Gasteiger partial charge >= 0.3 is 6.18 Å². The van der Waals surface area contributed by atoms with Crippen molar-refractivity contribution < 1.29 is 18.0 Å². The molecule has 1 amide bonds. The molecule has 120 valence electrons. The molecule has 0 aromatic heterocycles. The Bertz CT molecular complexity index is 728. The normalized spacial score (nSPS) is 13.8. The second-order valence-electron chi connectivity index (χ2n) is 5.32. The topological polar surface area (TPSA) is 32.3 Å². The van der Waals surface area contributed by atoms with E-state index in [1.165, 1.54) is 18.2 Å². The van der Waals surface area contributed by atoms with Crippen molar-refractivity contribution in [2.24, 2.45) is 0 Å². The highest BCUT2D eigenvalue weighted by Crippen LogP contribution is 2.34. The van der Waals surface area contributed by atoms with E-state index in [0.29, 0.717) is 6.54 Å². The number of alkyl halides is 3. The molecule has 1 N–H and O–H groups in total. The minimum absolute atomic E-state index is 0.0826. The van der Waals surface area contributed by atoms with Gasteiger partial charge in [-0.05, 0) is 30.2 Å². The molecular weight excluding hydrogens is 305 g/mol. The van der Waals surface area contributed by atoms with Crippen molar-refractivity contribution in [3.8, 4) is 0 Å². The number of carbonyl (C=O) groups excluding carboxylic acids is 1. The average Bonchev–Trinajstić information content (AvgIpc) is 2.96. The van der Waals surface area contributed by atoms with Crippen LogP contribution in [0.5, 0.6) is 0 Å². The Morgan fingerprint density at radius 1 is 1.09 bits per heavy atom. The smallest absolute Gasteiger partial charge is 0.376 e. The number of hydrogen-bond donors (Lipinski definition) is 1. The monoisotopic (exact) mass is 320 g/mol. The van der Waals surface area contributed by atoms with E-state index in [-0.39, 0.29) is 18.1 Å². The van der Waals surface area contributed by atoms with Crippen molar-refractivity contribution in [2.75, 3.05) is 23.3 Å². The molecule has 3 rings (SSSR count). The summed E-state index contributed by atoms with van der Waals surface area (Å²) in [4.78, 5) is 13.9. The summed E-state index contributed by atoms with van der Waals surface area (Å²) in [5, 5.41) is 2.62. The van der Waals surface area contributed by atoms with Gasteiger partial charge in [-0.15, -0.1) is 0 Å². The maximum Gasteiger partial charge on any atom is 0.418 e. The van der Waals surface area contributed by atoms with E-state index in [1.807, 2.05) is 24.3 Å². The first kappa shape index (κ1) is 15.4. The van der Waals surface area contributed by atoms with Crippen molar-refractivity contribution in [3.63, 3.8) is 0 Å². The van der Waals surface area contributed by atoms with Crippen LogP contribution in [0.25, 0.3) is 0 Å². The van der Waals surface area contributed by atoms with Crippen LogP contribution in [0.1, 0.15) is 11.1 Å². The molecule has 6 heteroatoms. The van der Waals surface area contributed by atoms with Crippen LogP contribution in [0.2, 0.25) is 0 Å². The Morgan fingerprint density at radius 2 is 1.78 bits per heavy atom. The van der Waals surface area contributed by atoms with Gasteiger partial charge in [-0.2, -0.15) is 13.2 Å². The third-order valence-electron chi connectivity index (χ3n) is 3.85. The minimum Gasteiger partial charge on any atom is -0.376 e. The van der Waals surface area contributed by atoms with Gasteiger partial charge in [0.2, 0.25) is 5.91 Å². The Balaban J connectivity index is 1.72. The molecule has 0 unspecified atom stereocenters. The van der Waals surface area contributed by atoms with Gasteiger partial charge in [0.15, 0.2) is 0 Å². The van der Waals surface area contributed by atoms with Crippen LogP contribution in [0, 0.1) is 0 Å². The molecule has 3 nitrogen and oxygen atoms in total. The molecule has 23 heavy (non-hydrogen) atoms. The molecule has 0 aliphatic carbocycles. The quantitative estimate of drug-likeness (QED) is 0.935. The fourth-order valence-electron chi connectivity index (χ4n) is 2.75. The number of nitrogens with zero attached hydrogens (tertiary/aromatic N) is 1. The summed E-state index contributed by atoms with van der Waals surface area (Å²) in [5.74, 6) is -0.244. The number of rotatable bonds is 3. The maximum atomic E-state index is 12.9. The van der Waals surface area contributed by atoms with Gasteiger partial charge in [-0.1, -0.05) is 30.3 Å². The largest absolute Gasteiger partial charge is 0.418 e. The molecule has 0 atom stereocenters. The summed E-state index contributed by atoms with van der Waals surface area (Å²) in [6.07, 6.45) is -3.69. The van der Waals surface area contributed by atoms with Crippen molar-refractivity contribution in [2.45, 2.75) is 12.6 Å². The van der Waals surface area contributed by atoms with E-state index >= 15 is 0 Å². The number of para-hydroxylation sites is 2. The molecule has 0 saturated carbocycles. The van der Waals surface area contributed by atoms with Crippen LogP contribution in [0.4, 0.5) is 24.5 Å². The fraction of sp³-hybridized carbons (Fsp3) is 0.235. The number of benzene rings is 2. The molecule has 2 aromatic rings. The van der Waals surface area contributed by atoms with Gasteiger partial charge in [0, 0.05) is 17.9 Å². The van der Waals surface area contributed by atoms with Gasteiger partial charge in [0.05, 0.1) is 12.1 Å². The van der Waals surface area contributed by atoms with E-state index in [4.69, 9.17) is 0 Å². The highest BCUT2D eigenvalue weighted by Gasteiger charge is 2.33. The molecular formula is C17H15F3N2O. The molecule has 1 aliphatic rings. The van der Waals surface area contributed by atoms with Crippen LogP contribution < -0.4 is 10.2 Å². The highest BCUT2D eigenvalue weighted by molar-refractivity contribution is 5.98. The van der Waals surface area contributed by atoms with Gasteiger partial charge in [0.25, 0.3) is 0 Å². The Labute approximate surface area is 131 Å². The van der Waals surface area contributed by atoms with Crippen LogP contribution in [0.3, 0.4) is 0 Å². The van der Waals surface area contributed by atoms with Crippen molar-refractivity contribution in [1.82, 2.24) is 0 Å². The number of hydrogen-bond acceptors (Lipinski definition) is 2. The van der Waals surface area contributed by atoms with Crippen molar-refractivity contribution >= 4 is 17.3 Å². The van der Waals surface area contributed by atoms with Gasteiger partial charge in [0.1, 0.15) is 0 Å². The Hall–Kier alpha value is -2.50. The lowest BCUT2D eigenvalue weighted by atomic mass is 10.1. The zero-order chi connectivity index (χ0) is 16.4. The fourth-order valence-corrected chi connectivity index (χ4v) is 2.75. The number of halogens is 3. The standard InChI is InChI=1S/C17H15F3N2O/c18-17(19,20)13-6-2-3-7-14(13)21-11-16(23)22-10-9-12-5-1-4-8-15(12)22/h1-8,21H,9-11H2. The summed E-state index contributed by atoms with van der Waals surface area (Å²) < 4.78 is 38.8. The van der Waals surface area contributed by atoms with Crippen LogP contribution in [-0.2, 0) is 17.4 Å². The first-order valence-corrected chi connectivity index (χ1v) is 7.25. The molecule has 1 aliphatic heterocycles. The molecule has 1 heterocycles. The van der Waals surface area contributed by atoms with Crippen LogP contribution in [0.15, 0.2) is 48.5 Å². The van der Waals surface area contributed by atoms with Gasteiger partial charge in [-0.25, -0.2) is 0 Å². The maximum absolute atomic E-state index is 12.9. The minimum atomic E-state index is -4.45. The third-order valence-corrected chi connectivity index (χ3v) is 3.85. The Kier molecular flexibility index (Phi) is 3.98. The summed E-state index contributed by atoms with van der Waals surface area (Å²) >= 11 is 0. The number of amides is 1. The van der Waals surface area contributed by atoms with E-state index in [1.54, 1.807) is 4.90 Å². The summed E-state index contributed by atoms with van der Waals surface area (Å²) in [6, 6.07) is 12.7. The lowest BCUT2D eigenvalue weighted by Crippen LogP contribution is -2.34. The number of nitrogens with one attached hydrogen (secondary N) is 1. The lowest BCUT2D eigenvalue weighted by molar-refractivity contribution is -0.137. The van der Waals surface area contributed by atoms with Crippen LogP contribution >= 0.6 is 0 Å². The van der Waals surface area contributed by atoms with Crippen LogP contribution in [-0.4, -0.2) is 19.0 Å². The second kappa shape index (κ2) is 5.95. The molecule has 0 bridgehead atoms. The molecule has 2 aromatic carbocycles. The SMILES string of the molecule is O=C(CNc1ccccc1C(F)(F)F)N1CCc2ccccc21. The first-order valence-electron chi connectivity index (χ1n) is 7.25. The molecule has 0 radical (unpaired) electrons. The number of carbonyl (C=O) groups is 1. The average molecular weight is 320 g/mol. The van der Waals surface area contributed by atoms with Crippen molar-refractivity contribution in [1.29, 1.82) is 0 Å².